The minimum Gasteiger partial charge on any atom is -0.455 e. The lowest BCUT2D eigenvalue weighted by atomic mass is 9.98. The van der Waals surface area contributed by atoms with Gasteiger partial charge in [-0.2, -0.15) is 0 Å². The molecule has 3 unspecified atom stereocenters. The summed E-state index contributed by atoms with van der Waals surface area (Å²) in [6.45, 7) is 3.04. The zero-order valence-electron chi connectivity index (χ0n) is 12.2. The predicted molar refractivity (Wildman–Crippen MR) is 82.9 cm³/mol. The summed E-state index contributed by atoms with van der Waals surface area (Å²) in [4.78, 5) is 15.0. The van der Waals surface area contributed by atoms with Gasteiger partial charge in [0.15, 0.2) is 0 Å². The Morgan fingerprint density at radius 2 is 2.32 bits per heavy atom. The topological polar surface area (TPSA) is 65.5 Å². The zero-order valence-corrected chi connectivity index (χ0v) is 12.2. The fourth-order valence-electron chi connectivity index (χ4n) is 4.73. The van der Waals surface area contributed by atoms with Gasteiger partial charge in [0.25, 0.3) is 6.02 Å². The number of anilines is 1. The van der Waals surface area contributed by atoms with Crippen molar-refractivity contribution >= 4 is 23.0 Å². The van der Waals surface area contributed by atoms with Crippen LogP contribution in [0.15, 0.2) is 29.3 Å². The van der Waals surface area contributed by atoms with Gasteiger partial charge in [0, 0.05) is 24.5 Å². The molecule has 2 saturated heterocycles. The molecule has 0 amide bonds. The molecule has 6 nitrogen and oxygen atoms in total. The van der Waals surface area contributed by atoms with E-state index in [2.05, 4.69) is 25.2 Å². The number of nitrogens with one attached hydrogen (secondary N) is 2. The van der Waals surface area contributed by atoms with Crippen LogP contribution in [0.1, 0.15) is 12.8 Å². The van der Waals surface area contributed by atoms with E-state index in [4.69, 9.17) is 4.74 Å². The first-order valence-electron chi connectivity index (χ1n) is 7.98. The van der Waals surface area contributed by atoms with Crippen molar-refractivity contribution in [2.45, 2.75) is 24.0 Å². The maximum absolute atomic E-state index is 6.28. The van der Waals surface area contributed by atoms with Gasteiger partial charge < -0.3 is 9.72 Å². The Morgan fingerprint density at radius 1 is 1.36 bits per heavy atom. The number of amidine groups is 1. The van der Waals surface area contributed by atoms with E-state index >= 15 is 0 Å². The third-order valence-corrected chi connectivity index (χ3v) is 5.99. The Hall–Kier alpha value is -2.08. The number of fused-ring (bicyclic) bond motifs is 2. The summed E-state index contributed by atoms with van der Waals surface area (Å²) in [5.41, 5.74) is 2.38. The Balaban J connectivity index is 1.24. The van der Waals surface area contributed by atoms with Gasteiger partial charge in [-0.3, -0.25) is 10.2 Å². The van der Waals surface area contributed by atoms with Crippen LogP contribution in [0.3, 0.4) is 0 Å². The molecular formula is C16H17N5O. The molecular weight excluding hydrogens is 278 g/mol. The second-order valence-corrected chi connectivity index (χ2v) is 7.05. The summed E-state index contributed by atoms with van der Waals surface area (Å²) in [6.07, 6.45) is 2.63. The van der Waals surface area contributed by atoms with Crippen LogP contribution in [0.25, 0.3) is 11.0 Å². The largest absolute Gasteiger partial charge is 0.455 e. The predicted octanol–water partition coefficient (Wildman–Crippen LogP) is 1.58. The molecule has 6 heteroatoms. The van der Waals surface area contributed by atoms with Gasteiger partial charge in [0.05, 0.1) is 17.6 Å². The molecule has 2 aromatic rings. The Labute approximate surface area is 127 Å². The lowest BCUT2D eigenvalue weighted by Gasteiger charge is -2.39. The Bertz CT molecular complexity index is 796. The average Bonchev–Trinajstić information content (AvgIpc) is 2.95. The third kappa shape index (κ3) is 1.26. The van der Waals surface area contributed by atoms with Crippen molar-refractivity contribution in [3.63, 3.8) is 0 Å². The molecule has 3 atom stereocenters. The lowest BCUT2D eigenvalue weighted by Crippen LogP contribution is -2.49. The summed E-state index contributed by atoms with van der Waals surface area (Å²) in [7, 11) is 0. The van der Waals surface area contributed by atoms with Crippen LogP contribution in [-0.2, 0) is 4.74 Å². The van der Waals surface area contributed by atoms with E-state index in [1.165, 1.54) is 19.4 Å². The molecule has 6 rings (SSSR count). The molecule has 3 fully saturated rings. The van der Waals surface area contributed by atoms with Crippen LogP contribution in [0.4, 0.5) is 5.95 Å². The minimum atomic E-state index is -0.0785. The SMILES string of the molecule is c1ccc2[nH]c(NC3=NCC4(CN5CCC56CC46)O3)nc2c1. The van der Waals surface area contributed by atoms with Gasteiger partial charge in [0.1, 0.15) is 5.60 Å². The number of aromatic amines is 1. The number of nitrogens with zero attached hydrogens (tertiary/aromatic N) is 3. The number of imidazole rings is 1. The molecule has 1 aliphatic carbocycles. The van der Waals surface area contributed by atoms with Gasteiger partial charge in [-0.25, -0.2) is 9.98 Å². The van der Waals surface area contributed by atoms with Crippen LogP contribution in [-0.4, -0.2) is 51.7 Å². The van der Waals surface area contributed by atoms with Crippen molar-refractivity contribution in [1.82, 2.24) is 14.9 Å². The summed E-state index contributed by atoms with van der Waals surface area (Å²) >= 11 is 0. The van der Waals surface area contributed by atoms with Crippen molar-refractivity contribution in [3.05, 3.63) is 24.3 Å². The highest BCUT2D eigenvalue weighted by molar-refractivity contribution is 5.91. The third-order valence-electron chi connectivity index (χ3n) is 5.99. The van der Waals surface area contributed by atoms with Gasteiger partial charge in [-0.1, -0.05) is 12.1 Å². The second kappa shape index (κ2) is 3.46. The molecule has 22 heavy (non-hydrogen) atoms. The number of piperidine rings is 1. The molecule has 2 N–H and O–H groups in total. The molecule has 112 valence electrons. The summed E-state index contributed by atoms with van der Waals surface area (Å²) < 4.78 is 6.28. The smallest absolute Gasteiger partial charge is 0.292 e. The number of ether oxygens (including phenoxy) is 1. The van der Waals surface area contributed by atoms with Crippen LogP contribution >= 0.6 is 0 Å². The van der Waals surface area contributed by atoms with Gasteiger partial charge in [0.2, 0.25) is 5.95 Å². The fraction of sp³-hybridized carbons (Fsp3) is 0.500. The van der Waals surface area contributed by atoms with Crippen molar-refractivity contribution in [2.75, 3.05) is 25.0 Å². The quantitative estimate of drug-likeness (QED) is 0.838. The second-order valence-electron chi connectivity index (χ2n) is 7.05. The fourth-order valence-corrected chi connectivity index (χ4v) is 4.73. The molecule has 3 aliphatic heterocycles. The molecule has 0 bridgehead atoms. The zero-order chi connectivity index (χ0) is 14.4. The van der Waals surface area contributed by atoms with E-state index in [-0.39, 0.29) is 5.60 Å². The molecule has 1 saturated carbocycles. The van der Waals surface area contributed by atoms with E-state index in [9.17, 15) is 0 Å². The molecule has 1 aromatic carbocycles. The van der Waals surface area contributed by atoms with E-state index in [1.807, 2.05) is 24.3 Å². The Morgan fingerprint density at radius 3 is 3.05 bits per heavy atom. The van der Waals surface area contributed by atoms with Crippen molar-refractivity contribution in [2.24, 2.45) is 10.9 Å². The highest BCUT2D eigenvalue weighted by Crippen LogP contribution is 2.67. The summed E-state index contributed by atoms with van der Waals surface area (Å²) in [6, 6.07) is 8.61. The molecule has 1 aromatic heterocycles. The first kappa shape index (κ1) is 11.5. The molecule has 2 spiro atoms. The van der Waals surface area contributed by atoms with Crippen LogP contribution in [0.2, 0.25) is 0 Å². The van der Waals surface area contributed by atoms with Gasteiger partial charge in [-0.05, 0) is 25.0 Å². The van der Waals surface area contributed by atoms with Gasteiger partial charge in [-0.15, -0.1) is 0 Å². The van der Waals surface area contributed by atoms with E-state index in [0.29, 0.717) is 23.4 Å². The first-order chi connectivity index (χ1) is 10.8. The number of H-pyrrole nitrogens is 1. The number of hydrogen-bond donors (Lipinski definition) is 2. The molecule has 0 radical (unpaired) electrons. The van der Waals surface area contributed by atoms with E-state index in [0.717, 1.165) is 24.1 Å². The van der Waals surface area contributed by atoms with Gasteiger partial charge >= 0.3 is 0 Å². The monoisotopic (exact) mass is 295 g/mol. The number of hydrogen-bond acceptors (Lipinski definition) is 5. The molecule has 4 aliphatic rings. The number of aromatic nitrogens is 2. The lowest BCUT2D eigenvalue weighted by molar-refractivity contribution is 0.0433. The standard InChI is InChI=1S/C16H17N5O/c1-2-4-11-10(3-1)18-13(19-11)20-14-17-8-16(22-14)9-21-6-5-15(21)7-12(15)16/h1-4,12H,5-9H2,(H2,17,18,19,20). The maximum atomic E-state index is 6.28. The van der Waals surface area contributed by atoms with Crippen molar-refractivity contribution in [3.8, 4) is 0 Å². The first-order valence-corrected chi connectivity index (χ1v) is 7.98. The van der Waals surface area contributed by atoms with Crippen molar-refractivity contribution < 1.29 is 4.74 Å². The molecule has 4 heterocycles. The summed E-state index contributed by atoms with van der Waals surface area (Å²) in [5, 5.41) is 3.21. The highest BCUT2D eigenvalue weighted by atomic mass is 16.5. The van der Waals surface area contributed by atoms with Crippen LogP contribution < -0.4 is 5.32 Å². The van der Waals surface area contributed by atoms with Crippen molar-refractivity contribution in [1.29, 1.82) is 0 Å². The number of para-hydroxylation sites is 2. The van der Waals surface area contributed by atoms with Crippen LogP contribution in [0, 0.1) is 5.92 Å². The minimum absolute atomic E-state index is 0.0785. The number of aliphatic imine (C=N–C) groups is 1. The normalized spacial score (nSPS) is 38.4. The van der Waals surface area contributed by atoms with Crippen LogP contribution in [0.5, 0.6) is 0 Å². The maximum Gasteiger partial charge on any atom is 0.292 e. The summed E-state index contributed by atoms with van der Waals surface area (Å²) in [5.74, 6) is 1.37. The number of rotatable bonds is 1. The highest BCUT2D eigenvalue weighted by Gasteiger charge is 2.77. The van der Waals surface area contributed by atoms with E-state index in [1.54, 1.807) is 0 Å². The average molecular weight is 295 g/mol. The number of benzene rings is 1. The van der Waals surface area contributed by atoms with E-state index < -0.39 is 0 Å². The Kier molecular flexibility index (Phi) is 1.80.